The molecule has 0 aliphatic rings. The highest BCUT2D eigenvalue weighted by Gasteiger charge is 2.26. The maximum absolute atomic E-state index is 12.0. The molecule has 0 aromatic carbocycles. The van der Waals surface area contributed by atoms with E-state index in [2.05, 4.69) is 0 Å². The first-order valence-electron chi connectivity index (χ1n) is 10.7. The highest BCUT2D eigenvalue weighted by Crippen LogP contribution is 2.14. The van der Waals surface area contributed by atoms with Gasteiger partial charge in [0.15, 0.2) is 12.5 Å². The fourth-order valence-electron chi connectivity index (χ4n) is 2.34. The van der Waals surface area contributed by atoms with Crippen LogP contribution < -0.4 is 5.11 Å². The molecule has 1 N–H and O–H groups in total. The number of carbonyl (C=O) groups is 3. The molecule has 0 aromatic rings. The summed E-state index contributed by atoms with van der Waals surface area (Å²) < 4.78 is 41.8. The Morgan fingerprint density at radius 1 is 0.971 bits per heavy atom. The van der Waals surface area contributed by atoms with Gasteiger partial charge in [0.2, 0.25) is 0 Å². The molecule has 0 aromatic heterocycles. The van der Waals surface area contributed by atoms with Crippen molar-refractivity contribution in [1.82, 2.24) is 4.90 Å². The Kier molecular flexibility index (Phi) is 15.5. The van der Waals surface area contributed by atoms with E-state index in [1.807, 2.05) is 0 Å². The number of quaternary nitrogens is 1. The van der Waals surface area contributed by atoms with Crippen LogP contribution in [0.3, 0.4) is 0 Å². The lowest BCUT2D eigenvalue weighted by Gasteiger charge is -2.33. The van der Waals surface area contributed by atoms with Gasteiger partial charge in [-0.25, -0.2) is 14.5 Å². The minimum absolute atomic E-state index is 0.0694. The zero-order valence-electron chi connectivity index (χ0n) is 21.7. The van der Waals surface area contributed by atoms with Crippen molar-refractivity contribution in [2.24, 2.45) is 0 Å². The molecule has 2 unspecified atom stereocenters. The molecule has 0 saturated heterocycles. The van der Waals surface area contributed by atoms with E-state index in [0.29, 0.717) is 15.6 Å². The fourth-order valence-corrected chi connectivity index (χ4v) is 2.84. The Bertz CT molecular complexity index is 805. The molecule has 0 rings (SSSR count). The van der Waals surface area contributed by atoms with Gasteiger partial charge < -0.3 is 23.9 Å². The number of hydrogen-bond donors (Lipinski definition) is 1. The van der Waals surface area contributed by atoms with Gasteiger partial charge in [-0.05, 0) is 48.0 Å². The topological polar surface area (TPSA) is 150 Å². The van der Waals surface area contributed by atoms with Crippen LogP contribution in [0.2, 0.25) is 0 Å². The summed E-state index contributed by atoms with van der Waals surface area (Å²) >= 11 is 0. The monoisotopic (exact) mass is 508 g/mol. The number of aliphatic carboxylic acids is 1. The van der Waals surface area contributed by atoms with Gasteiger partial charge >= 0.3 is 11.9 Å². The maximum atomic E-state index is 12.0. The highest BCUT2D eigenvalue weighted by atomic mass is 32.2. The number of hydrogen-bond acceptors (Lipinski definition) is 9. The third-order valence-electron chi connectivity index (χ3n) is 4.42. The van der Waals surface area contributed by atoms with Crippen LogP contribution >= 0.6 is 0 Å². The van der Waals surface area contributed by atoms with Crippen LogP contribution in [0.15, 0.2) is 23.3 Å². The van der Waals surface area contributed by atoms with E-state index in [-0.39, 0.29) is 19.5 Å². The quantitative estimate of drug-likeness (QED) is 0.131. The zero-order chi connectivity index (χ0) is 27.3. The SMILES string of the molecule is C/C=C(\C)C(=O)OC(C)N(CCCS(=O)(=O)O)C(C)OC(=O)/C(C)=C/C.C[N+](C)(C)CC(=O)[O-]. The molecule has 0 aliphatic heterocycles. The van der Waals surface area contributed by atoms with E-state index in [4.69, 9.17) is 14.0 Å². The summed E-state index contributed by atoms with van der Waals surface area (Å²) in [4.78, 5) is 35.3. The Hall–Kier alpha value is -2.28. The number of likely N-dealkylation sites (N-methyl/N-ethyl adjacent to an activating group) is 1. The minimum atomic E-state index is -4.11. The second kappa shape index (κ2) is 15.6. The van der Waals surface area contributed by atoms with Gasteiger partial charge in [0.05, 0.1) is 32.9 Å². The van der Waals surface area contributed by atoms with Crippen molar-refractivity contribution < 1.29 is 46.4 Å². The largest absolute Gasteiger partial charge is 0.544 e. The highest BCUT2D eigenvalue weighted by molar-refractivity contribution is 7.85. The molecule has 0 heterocycles. The number of ether oxygens (including phenoxy) is 2. The minimum Gasteiger partial charge on any atom is -0.544 e. The van der Waals surface area contributed by atoms with Gasteiger partial charge in [0.1, 0.15) is 6.54 Å². The Balaban J connectivity index is 0. The molecule has 0 fully saturated rings. The van der Waals surface area contributed by atoms with Crippen LogP contribution in [-0.2, 0) is 34.0 Å². The number of allylic oxidation sites excluding steroid dienone is 2. The molecular formula is C22H40N2O9S. The van der Waals surface area contributed by atoms with E-state index in [0.717, 1.165) is 0 Å². The molecule has 34 heavy (non-hydrogen) atoms. The van der Waals surface area contributed by atoms with Crippen molar-refractivity contribution >= 4 is 28.0 Å². The Labute approximate surface area is 203 Å². The number of esters is 2. The predicted molar refractivity (Wildman–Crippen MR) is 126 cm³/mol. The summed E-state index contributed by atoms with van der Waals surface area (Å²) in [5.74, 6) is -2.50. The third-order valence-corrected chi connectivity index (χ3v) is 5.23. The molecular weight excluding hydrogens is 468 g/mol. The first-order valence-corrected chi connectivity index (χ1v) is 12.3. The molecule has 0 radical (unpaired) electrons. The number of nitrogens with zero attached hydrogens (tertiary/aromatic N) is 2. The second-order valence-corrected chi connectivity index (χ2v) is 10.2. The summed E-state index contributed by atoms with van der Waals surface area (Å²) in [6.45, 7) is 10.0. The van der Waals surface area contributed by atoms with Crippen molar-refractivity contribution in [3.05, 3.63) is 23.3 Å². The molecule has 0 amide bonds. The summed E-state index contributed by atoms with van der Waals surface area (Å²) in [6.07, 6.45) is 1.75. The summed E-state index contributed by atoms with van der Waals surface area (Å²) in [7, 11) is 1.29. The third kappa shape index (κ3) is 17.2. The van der Waals surface area contributed by atoms with Crippen LogP contribution in [0.25, 0.3) is 0 Å². The molecule has 12 heteroatoms. The fraction of sp³-hybridized carbons (Fsp3) is 0.682. The van der Waals surface area contributed by atoms with E-state index < -0.39 is 46.2 Å². The van der Waals surface area contributed by atoms with Crippen molar-refractivity contribution in [1.29, 1.82) is 0 Å². The van der Waals surface area contributed by atoms with Crippen molar-refractivity contribution in [3.8, 4) is 0 Å². The number of carboxylic acid groups (broad SMARTS) is 1. The molecule has 11 nitrogen and oxygen atoms in total. The predicted octanol–water partition coefficient (Wildman–Crippen LogP) is 0.720. The number of rotatable bonds is 12. The first-order chi connectivity index (χ1) is 15.3. The summed E-state index contributed by atoms with van der Waals surface area (Å²) in [6, 6.07) is 0. The van der Waals surface area contributed by atoms with E-state index in [1.165, 1.54) is 4.90 Å². The average Bonchev–Trinajstić information content (AvgIpc) is 2.67. The molecule has 0 saturated carbocycles. The van der Waals surface area contributed by atoms with Gasteiger partial charge in [-0.2, -0.15) is 8.42 Å². The van der Waals surface area contributed by atoms with Crippen LogP contribution in [-0.4, -0.2) is 92.7 Å². The maximum Gasteiger partial charge on any atom is 0.334 e. The van der Waals surface area contributed by atoms with Crippen LogP contribution in [0.5, 0.6) is 0 Å². The van der Waals surface area contributed by atoms with Crippen molar-refractivity contribution in [3.63, 3.8) is 0 Å². The van der Waals surface area contributed by atoms with E-state index in [9.17, 15) is 27.9 Å². The van der Waals surface area contributed by atoms with Crippen molar-refractivity contribution in [2.75, 3.05) is 40.0 Å². The lowest BCUT2D eigenvalue weighted by Crippen LogP contribution is -2.45. The van der Waals surface area contributed by atoms with Gasteiger partial charge in [0, 0.05) is 17.7 Å². The van der Waals surface area contributed by atoms with Crippen LogP contribution in [0, 0.1) is 0 Å². The van der Waals surface area contributed by atoms with Gasteiger partial charge in [-0.15, -0.1) is 0 Å². The molecule has 2 atom stereocenters. The average molecular weight is 509 g/mol. The molecule has 0 aliphatic carbocycles. The van der Waals surface area contributed by atoms with E-state index >= 15 is 0 Å². The van der Waals surface area contributed by atoms with Gasteiger partial charge in [-0.3, -0.25) is 4.55 Å². The summed E-state index contributed by atoms with van der Waals surface area (Å²) in [5.41, 5.74) is 0.841. The van der Waals surface area contributed by atoms with Crippen molar-refractivity contribution in [2.45, 2.75) is 60.4 Å². The normalized spacial score (nSPS) is 14.6. The molecule has 0 bridgehead atoms. The van der Waals surface area contributed by atoms with Gasteiger partial charge in [0.25, 0.3) is 10.1 Å². The second-order valence-electron chi connectivity index (χ2n) is 8.65. The van der Waals surface area contributed by atoms with E-state index in [1.54, 1.807) is 74.8 Å². The lowest BCUT2D eigenvalue weighted by atomic mass is 10.3. The molecule has 198 valence electrons. The number of carboxylic acids is 1. The Morgan fingerprint density at radius 3 is 1.59 bits per heavy atom. The van der Waals surface area contributed by atoms with Gasteiger partial charge in [-0.1, -0.05) is 12.2 Å². The first kappa shape index (κ1) is 33.9. The number of carbonyl (C=O) groups excluding carboxylic acids is 3. The summed E-state index contributed by atoms with van der Waals surface area (Å²) in [5, 5.41) is 9.89. The Morgan fingerprint density at radius 2 is 1.35 bits per heavy atom. The van der Waals surface area contributed by atoms with Crippen LogP contribution in [0.1, 0.15) is 48.0 Å². The van der Waals surface area contributed by atoms with Crippen LogP contribution in [0.4, 0.5) is 0 Å². The standard InChI is InChI=1S/C17H29NO7S.C5H11NO2/c1-7-12(3)16(19)24-14(5)18(10-9-11-26(21,22)23)15(6)25-17(20)13(4)8-2;1-6(2,3)4-5(7)8/h7-8,14-15H,9-11H2,1-6H3,(H,21,22,23);4H2,1-3H3/b12-7+,13-8+;. The zero-order valence-corrected chi connectivity index (χ0v) is 22.5. The lowest BCUT2D eigenvalue weighted by molar-refractivity contribution is -0.864. The smallest absolute Gasteiger partial charge is 0.334 e. The molecule has 0 spiro atoms.